The van der Waals surface area contributed by atoms with Gasteiger partial charge in [-0.25, -0.2) is 15.0 Å². The first-order valence-electron chi connectivity index (χ1n) is 11.5. The van der Waals surface area contributed by atoms with Crippen molar-refractivity contribution in [3.63, 3.8) is 0 Å². The maximum Gasteiger partial charge on any atom is 0.339 e. The van der Waals surface area contributed by atoms with E-state index in [-0.39, 0.29) is 12.2 Å². The van der Waals surface area contributed by atoms with Crippen molar-refractivity contribution in [3.05, 3.63) is 99.5 Å². The summed E-state index contributed by atoms with van der Waals surface area (Å²) in [5, 5.41) is 15.9. The SMILES string of the molecule is C=CCc1cc(/C=N/NC(=O)Nc2ccc(Br)c(C)c2)cc(OCC)c1OCc1ccc(C(=O)O)cc1. The van der Waals surface area contributed by atoms with Crippen LogP contribution in [0.5, 0.6) is 11.5 Å². The predicted molar refractivity (Wildman–Crippen MR) is 148 cm³/mol. The van der Waals surface area contributed by atoms with Crippen LogP contribution < -0.4 is 20.2 Å². The summed E-state index contributed by atoms with van der Waals surface area (Å²) in [5.41, 5.74) is 6.69. The summed E-state index contributed by atoms with van der Waals surface area (Å²) in [6.45, 7) is 8.29. The Kier molecular flexibility index (Phi) is 9.85. The van der Waals surface area contributed by atoms with Crippen LogP contribution in [0.1, 0.15) is 39.5 Å². The lowest BCUT2D eigenvalue weighted by atomic mass is 10.1. The first kappa shape index (κ1) is 27.5. The number of carboxylic acid groups (broad SMARTS) is 1. The van der Waals surface area contributed by atoms with E-state index in [0.717, 1.165) is 21.2 Å². The molecule has 2 amide bonds. The Hall–Kier alpha value is -4.11. The Labute approximate surface area is 224 Å². The van der Waals surface area contributed by atoms with Crippen LogP contribution in [0, 0.1) is 6.92 Å². The van der Waals surface area contributed by atoms with Crippen molar-refractivity contribution in [2.45, 2.75) is 26.9 Å². The van der Waals surface area contributed by atoms with E-state index in [1.807, 2.05) is 32.0 Å². The molecular formula is C28H28BrN3O5. The van der Waals surface area contributed by atoms with Crippen molar-refractivity contribution in [3.8, 4) is 11.5 Å². The number of urea groups is 1. The number of benzene rings is 3. The molecule has 0 aliphatic heterocycles. The van der Waals surface area contributed by atoms with E-state index in [1.165, 1.54) is 18.3 Å². The van der Waals surface area contributed by atoms with Gasteiger partial charge in [0.05, 0.1) is 18.4 Å². The van der Waals surface area contributed by atoms with Crippen molar-refractivity contribution in [2.24, 2.45) is 5.10 Å². The van der Waals surface area contributed by atoms with Crippen LogP contribution in [-0.4, -0.2) is 29.9 Å². The Morgan fingerprint density at radius 2 is 1.86 bits per heavy atom. The van der Waals surface area contributed by atoms with E-state index in [4.69, 9.17) is 14.6 Å². The minimum Gasteiger partial charge on any atom is -0.490 e. The van der Waals surface area contributed by atoms with Crippen molar-refractivity contribution in [2.75, 3.05) is 11.9 Å². The lowest BCUT2D eigenvalue weighted by molar-refractivity contribution is 0.0696. The van der Waals surface area contributed by atoms with Crippen LogP contribution in [0.3, 0.4) is 0 Å². The number of hydrazone groups is 1. The van der Waals surface area contributed by atoms with E-state index >= 15 is 0 Å². The summed E-state index contributed by atoms with van der Waals surface area (Å²) in [4.78, 5) is 23.3. The zero-order valence-corrected chi connectivity index (χ0v) is 22.2. The summed E-state index contributed by atoms with van der Waals surface area (Å²) < 4.78 is 12.9. The molecule has 0 bridgehead atoms. The van der Waals surface area contributed by atoms with Gasteiger partial charge in [-0.1, -0.05) is 34.1 Å². The molecule has 37 heavy (non-hydrogen) atoms. The molecule has 8 nitrogen and oxygen atoms in total. The van der Waals surface area contributed by atoms with Crippen LogP contribution in [0.25, 0.3) is 0 Å². The second-order valence-electron chi connectivity index (χ2n) is 8.01. The Bertz CT molecular complexity index is 1310. The molecule has 192 valence electrons. The van der Waals surface area contributed by atoms with Gasteiger partial charge in [-0.2, -0.15) is 5.10 Å². The van der Waals surface area contributed by atoms with Gasteiger partial charge in [0.25, 0.3) is 0 Å². The molecule has 0 unspecified atom stereocenters. The maximum absolute atomic E-state index is 12.2. The number of carbonyl (C=O) groups excluding carboxylic acids is 1. The number of carbonyl (C=O) groups is 2. The average molecular weight is 566 g/mol. The Morgan fingerprint density at radius 3 is 2.51 bits per heavy atom. The van der Waals surface area contributed by atoms with E-state index in [9.17, 15) is 9.59 Å². The fourth-order valence-electron chi connectivity index (χ4n) is 3.44. The van der Waals surface area contributed by atoms with Gasteiger partial charge in [0, 0.05) is 15.7 Å². The molecule has 0 saturated carbocycles. The molecule has 0 heterocycles. The molecule has 3 aromatic rings. The number of rotatable bonds is 11. The molecule has 0 fully saturated rings. The Balaban J connectivity index is 1.74. The van der Waals surface area contributed by atoms with Gasteiger partial charge in [-0.05, 0) is 79.4 Å². The quantitative estimate of drug-likeness (QED) is 0.143. The molecule has 0 radical (unpaired) electrons. The number of nitrogens with one attached hydrogen (secondary N) is 2. The highest BCUT2D eigenvalue weighted by molar-refractivity contribution is 9.10. The van der Waals surface area contributed by atoms with Gasteiger partial charge in [-0.3, -0.25) is 0 Å². The maximum atomic E-state index is 12.2. The fourth-order valence-corrected chi connectivity index (χ4v) is 3.68. The smallest absolute Gasteiger partial charge is 0.339 e. The third-order valence-corrected chi connectivity index (χ3v) is 6.09. The summed E-state index contributed by atoms with van der Waals surface area (Å²) in [6.07, 6.45) is 3.80. The molecule has 0 aliphatic carbocycles. The average Bonchev–Trinajstić information content (AvgIpc) is 2.86. The van der Waals surface area contributed by atoms with Gasteiger partial charge in [0.2, 0.25) is 0 Å². The molecule has 3 aromatic carbocycles. The highest BCUT2D eigenvalue weighted by atomic mass is 79.9. The van der Waals surface area contributed by atoms with E-state index in [0.29, 0.717) is 35.8 Å². The van der Waals surface area contributed by atoms with Crippen molar-refractivity contribution < 1.29 is 24.2 Å². The van der Waals surface area contributed by atoms with Gasteiger partial charge in [0.15, 0.2) is 11.5 Å². The van der Waals surface area contributed by atoms with Gasteiger partial charge < -0.3 is 19.9 Å². The number of allylic oxidation sites excluding steroid dienone is 1. The molecule has 9 heteroatoms. The number of ether oxygens (including phenoxy) is 2. The fraction of sp³-hybridized carbons (Fsp3) is 0.179. The van der Waals surface area contributed by atoms with Crippen LogP contribution in [0.2, 0.25) is 0 Å². The molecule has 0 aliphatic rings. The number of aryl methyl sites for hydroxylation is 1. The largest absolute Gasteiger partial charge is 0.490 e. The van der Waals surface area contributed by atoms with Crippen LogP contribution in [0.15, 0.2) is 76.8 Å². The van der Waals surface area contributed by atoms with Crippen molar-refractivity contribution >= 4 is 39.8 Å². The van der Waals surface area contributed by atoms with E-state index in [2.05, 4.69) is 38.4 Å². The second kappa shape index (κ2) is 13.3. The van der Waals surface area contributed by atoms with Crippen molar-refractivity contribution in [1.29, 1.82) is 0 Å². The number of amides is 2. The first-order chi connectivity index (χ1) is 17.8. The van der Waals surface area contributed by atoms with E-state index < -0.39 is 12.0 Å². The van der Waals surface area contributed by atoms with Gasteiger partial charge >= 0.3 is 12.0 Å². The third kappa shape index (κ3) is 7.94. The molecular weight excluding hydrogens is 538 g/mol. The number of hydrogen-bond donors (Lipinski definition) is 3. The van der Waals surface area contributed by atoms with Gasteiger partial charge in [-0.15, -0.1) is 6.58 Å². The van der Waals surface area contributed by atoms with Crippen LogP contribution >= 0.6 is 15.9 Å². The molecule has 3 rings (SSSR count). The topological polar surface area (TPSA) is 109 Å². The Morgan fingerprint density at radius 1 is 1.11 bits per heavy atom. The summed E-state index contributed by atoms with van der Waals surface area (Å²) in [6, 6.07) is 15.2. The predicted octanol–water partition coefficient (Wildman–Crippen LogP) is 6.32. The molecule has 0 aromatic heterocycles. The number of aromatic carboxylic acids is 1. The number of anilines is 1. The zero-order valence-electron chi connectivity index (χ0n) is 20.6. The standard InChI is InChI=1S/C28H28BrN3O5/c1-4-6-22-14-20(16-30-32-28(35)31-23-11-12-24(29)18(3)13-23)15-25(36-5-2)26(22)37-17-19-7-9-21(10-8-19)27(33)34/h4,7-16H,1,5-6,17H2,2-3H3,(H,33,34)(H2,31,32,35)/b30-16+. The number of hydrogen-bond acceptors (Lipinski definition) is 5. The summed E-state index contributed by atoms with van der Waals surface area (Å²) in [5.74, 6) is 0.116. The lowest BCUT2D eigenvalue weighted by Crippen LogP contribution is -2.24. The van der Waals surface area contributed by atoms with Crippen LogP contribution in [-0.2, 0) is 13.0 Å². The van der Waals surface area contributed by atoms with Crippen molar-refractivity contribution in [1.82, 2.24) is 5.43 Å². The highest BCUT2D eigenvalue weighted by Gasteiger charge is 2.14. The lowest BCUT2D eigenvalue weighted by Gasteiger charge is -2.17. The monoisotopic (exact) mass is 565 g/mol. The molecule has 0 atom stereocenters. The molecule has 0 spiro atoms. The van der Waals surface area contributed by atoms with Gasteiger partial charge in [0.1, 0.15) is 6.61 Å². The van der Waals surface area contributed by atoms with Crippen LogP contribution in [0.4, 0.5) is 10.5 Å². The number of halogens is 1. The summed E-state index contributed by atoms with van der Waals surface area (Å²) >= 11 is 3.43. The normalized spacial score (nSPS) is 10.7. The number of nitrogens with zero attached hydrogens (tertiary/aromatic N) is 1. The van der Waals surface area contributed by atoms with E-state index in [1.54, 1.807) is 30.3 Å². The highest BCUT2D eigenvalue weighted by Crippen LogP contribution is 2.34. The zero-order chi connectivity index (χ0) is 26.8. The molecule has 3 N–H and O–H groups in total. The minimum absolute atomic E-state index is 0.212. The first-order valence-corrected chi connectivity index (χ1v) is 12.3. The summed E-state index contributed by atoms with van der Waals surface area (Å²) in [7, 11) is 0. The number of carboxylic acids is 1. The second-order valence-corrected chi connectivity index (χ2v) is 8.87. The molecule has 0 saturated heterocycles. The third-order valence-electron chi connectivity index (χ3n) is 5.20. The minimum atomic E-state index is -0.980.